The molecule has 0 spiro atoms. The molecular formula is C17H14OS2. The highest BCUT2D eigenvalue weighted by Gasteiger charge is 2.04. The Morgan fingerprint density at radius 1 is 0.850 bits per heavy atom. The van der Waals surface area contributed by atoms with Gasteiger partial charge in [0.05, 0.1) is 11.3 Å². The zero-order chi connectivity index (χ0) is 13.8. The van der Waals surface area contributed by atoms with Gasteiger partial charge < -0.3 is 4.74 Å². The summed E-state index contributed by atoms with van der Waals surface area (Å²) < 4.78 is 6.50. The first kappa shape index (κ1) is 13.3. The van der Waals surface area contributed by atoms with Gasteiger partial charge in [-0.15, -0.1) is 11.3 Å². The van der Waals surface area contributed by atoms with Gasteiger partial charge in [0, 0.05) is 9.77 Å². The zero-order valence-corrected chi connectivity index (χ0v) is 12.7. The third-order valence-electron chi connectivity index (χ3n) is 2.92. The fourth-order valence-electron chi connectivity index (χ4n) is 1.89. The molecule has 0 aliphatic heterocycles. The molecule has 0 radical (unpaired) electrons. The van der Waals surface area contributed by atoms with Crippen molar-refractivity contribution >= 4 is 23.1 Å². The third kappa shape index (κ3) is 3.06. The van der Waals surface area contributed by atoms with Gasteiger partial charge in [0.25, 0.3) is 0 Å². The van der Waals surface area contributed by atoms with Crippen LogP contribution in [-0.4, -0.2) is 7.11 Å². The molecule has 0 atom stereocenters. The van der Waals surface area contributed by atoms with Crippen LogP contribution in [0.5, 0.6) is 5.75 Å². The van der Waals surface area contributed by atoms with Gasteiger partial charge in [-0.05, 0) is 54.1 Å². The van der Waals surface area contributed by atoms with E-state index in [1.807, 2.05) is 29.5 Å². The molecule has 0 amide bonds. The molecule has 1 aromatic heterocycles. The molecule has 3 rings (SSSR count). The Kier molecular flexibility index (Phi) is 4.09. The van der Waals surface area contributed by atoms with Crippen molar-refractivity contribution in [1.82, 2.24) is 0 Å². The fourth-order valence-corrected chi connectivity index (χ4v) is 4.02. The van der Waals surface area contributed by atoms with Crippen LogP contribution in [-0.2, 0) is 0 Å². The largest absolute Gasteiger partial charge is 0.497 e. The lowest BCUT2D eigenvalue weighted by atomic mass is 10.2. The lowest BCUT2D eigenvalue weighted by Crippen LogP contribution is -1.81. The highest BCUT2D eigenvalue weighted by Crippen LogP contribution is 2.37. The first-order valence-electron chi connectivity index (χ1n) is 6.32. The van der Waals surface area contributed by atoms with Gasteiger partial charge in [-0.3, -0.25) is 0 Å². The normalized spacial score (nSPS) is 10.4. The van der Waals surface area contributed by atoms with E-state index in [2.05, 4.69) is 48.5 Å². The standard InChI is InChI=1S/C17H14OS2/c1-18-14-9-7-13(8-10-14)16-11-12-17(20-16)19-15-5-3-2-4-6-15/h2-12H,1H3. The summed E-state index contributed by atoms with van der Waals surface area (Å²) in [4.78, 5) is 2.56. The molecule has 0 N–H and O–H groups in total. The van der Waals surface area contributed by atoms with Gasteiger partial charge in [-0.1, -0.05) is 30.0 Å². The monoisotopic (exact) mass is 298 g/mol. The van der Waals surface area contributed by atoms with Crippen LogP contribution in [0.1, 0.15) is 0 Å². The van der Waals surface area contributed by atoms with Crippen LogP contribution in [0.15, 0.2) is 75.8 Å². The topological polar surface area (TPSA) is 9.23 Å². The van der Waals surface area contributed by atoms with E-state index in [9.17, 15) is 0 Å². The summed E-state index contributed by atoms with van der Waals surface area (Å²) in [5.74, 6) is 0.893. The second-order valence-electron chi connectivity index (χ2n) is 4.26. The molecule has 0 bridgehead atoms. The van der Waals surface area contributed by atoms with Crippen LogP contribution in [0.25, 0.3) is 10.4 Å². The van der Waals surface area contributed by atoms with Gasteiger partial charge in [0.1, 0.15) is 5.75 Å². The van der Waals surface area contributed by atoms with Crippen LogP contribution in [0.4, 0.5) is 0 Å². The van der Waals surface area contributed by atoms with Crippen molar-refractivity contribution in [3.8, 4) is 16.2 Å². The summed E-state index contributed by atoms with van der Waals surface area (Å²) in [5, 5.41) is 0. The van der Waals surface area contributed by atoms with E-state index in [1.165, 1.54) is 19.5 Å². The van der Waals surface area contributed by atoms with Crippen molar-refractivity contribution in [3.63, 3.8) is 0 Å². The average Bonchev–Trinajstić information content (AvgIpc) is 2.97. The molecule has 0 unspecified atom stereocenters. The van der Waals surface area contributed by atoms with E-state index in [0.29, 0.717) is 0 Å². The minimum Gasteiger partial charge on any atom is -0.497 e. The molecule has 0 saturated carbocycles. The molecule has 1 nitrogen and oxygen atoms in total. The Morgan fingerprint density at radius 3 is 2.30 bits per heavy atom. The molecule has 100 valence electrons. The molecule has 0 aliphatic rings. The summed E-state index contributed by atoms with van der Waals surface area (Å²) >= 11 is 3.62. The van der Waals surface area contributed by atoms with Crippen molar-refractivity contribution in [2.24, 2.45) is 0 Å². The third-order valence-corrected chi connectivity index (χ3v) is 5.19. The van der Waals surface area contributed by atoms with E-state index >= 15 is 0 Å². The molecule has 2 aromatic carbocycles. The van der Waals surface area contributed by atoms with Crippen LogP contribution >= 0.6 is 23.1 Å². The van der Waals surface area contributed by atoms with Gasteiger partial charge in [0.2, 0.25) is 0 Å². The number of thiophene rings is 1. The van der Waals surface area contributed by atoms with E-state index in [0.717, 1.165) is 5.75 Å². The molecule has 3 heteroatoms. The molecular weight excluding hydrogens is 284 g/mol. The number of hydrogen-bond donors (Lipinski definition) is 0. The van der Waals surface area contributed by atoms with E-state index in [4.69, 9.17) is 4.74 Å². The minimum atomic E-state index is 0.893. The highest BCUT2D eigenvalue weighted by atomic mass is 32.2. The number of rotatable bonds is 4. The molecule has 0 fully saturated rings. The lowest BCUT2D eigenvalue weighted by Gasteiger charge is -2.01. The summed E-state index contributed by atoms with van der Waals surface area (Å²) in [6.07, 6.45) is 0. The number of benzene rings is 2. The first-order chi connectivity index (χ1) is 9.85. The van der Waals surface area contributed by atoms with Crippen molar-refractivity contribution < 1.29 is 4.74 Å². The number of methoxy groups -OCH3 is 1. The minimum absolute atomic E-state index is 0.893. The number of hydrogen-bond acceptors (Lipinski definition) is 3. The maximum absolute atomic E-state index is 5.19. The van der Waals surface area contributed by atoms with Crippen LogP contribution in [0, 0.1) is 0 Å². The second-order valence-corrected chi connectivity index (χ2v) is 6.72. The summed E-state index contributed by atoms with van der Waals surface area (Å²) in [6, 6.07) is 23.0. The highest BCUT2D eigenvalue weighted by molar-refractivity contribution is 8.01. The van der Waals surface area contributed by atoms with Crippen molar-refractivity contribution in [2.45, 2.75) is 9.10 Å². The molecule has 0 saturated heterocycles. The summed E-state index contributed by atoms with van der Waals surface area (Å²) in [5.41, 5.74) is 1.23. The van der Waals surface area contributed by atoms with Crippen molar-refractivity contribution in [1.29, 1.82) is 0 Å². The Labute approximate surface area is 127 Å². The smallest absolute Gasteiger partial charge is 0.118 e. The fraction of sp³-hybridized carbons (Fsp3) is 0.0588. The van der Waals surface area contributed by atoms with Gasteiger partial charge in [-0.2, -0.15) is 0 Å². The summed E-state index contributed by atoms with van der Waals surface area (Å²) in [7, 11) is 1.69. The molecule has 0 aliphatic carbocycles. The van der Waals surface area contributed by atoms with Crippen LogP contribution in [0.2, 0.25) is 0 Å². The number of ether oxygens (including phenoxy) is 1. The van der Waals surface area contributed by atoms with Crippen molar-refractivity contribution in [3.05, 3.63) is 66.7 Å². The van der Waals surface area contributed by atoms with E-state index < -0.39 is 0 Å². The van der Waals surface area contributed by atoms with Crippen LogP contribution < -0.4 is 4.74 Å². The lowest BCUT2D eigenvalue weighted by molar-refractivity contribution is 0.415. The Morgan fingerprint density at radius 2 is 1.60 bits per heavy atom. The predicted octanol–water partition coefficient (Wildman–Crippen LogP) is 5.57. The molecule has 3 aromatic rings. The SMILES string of the molecule is COc1ccc(-c2ccc(Sc3ccccc3)s2)cc1. The maximum Gasteiger partial charge on any atom is 0.118 e. The van der Waals surface area contributed by atoms with E-state index in [-0.39, 0.29) is 0 Å². The van der Waals surface area contributed by atoms with Crippen LogP contribution in [0.3, 0.4) is 0 Å². The van der Waals surface area contributed by atoms with Gasteiger partial charge >= 0.3 is 0 Å². The molecule has 20 heavy (non-hydrogen) atoms. The average molecular weight is 298 g/mol. The molecule has 1 heterocycles. The Hall–Kier alpha value is -1.71. The van der Waals surface area contributed by atoms with Crippen molar-refractivity contribution in [2.75, 3.05) is 7.11 Å². The van der Waals surface area contributed by atoms with E-state index in [1.54, 1.807) is 18.9 Å². The summed E-state index contributed by atoms with van der Waals surface area (Å²) in [6.45, 7) is 0. The first-order valence-corrected chi connectivity index (χ1v) is 7.95. The Bertz CT molecular complexity index is 672. The van der Waals surface area contributed by atoms with Gasteiger partial charge in [-0.25, -0.2) is 0 Å². The van der Waals surface area contributed by atoms with Gasteiger partial charge in [0.15, 0.2) is 0 Å². The maximum atomic E-state index is 5.19. The quantitative estimate of drug-likeness (QED) is 0.622. The second kappa shape index (κ2) is 6.16. The zero-order valence-electron chi connectivity index (χ0n) is 11.1. The Balaban J connectivity index is 1.79. The predicted molar refractivity (Wildman–Crippen MR) is 86.9 cm³/mol.